The van der Waals surface area contributed by atoms with Crippen LogP contribution in [0.2, 0.25) is 0 Å². The predicted octanol–water partition coefficient (Wildman–Crippen LogP) is 5.24. The third kappa shape index (κ3) is 6.05. The van der Waals surface area contributed by atoms with Gasteiger partial charge in [0.2, 0.25) is 5.90 Å². The Morgan fingerprint density at radius 2 is 1.78 bits per heavy atom. The van der Waals surface area contributed by atoms with Crippen molar-refractivity contribution < 1.29 is 19.4 Å². The smallest absolute Gasteiger partial charge is 0.252 e. The van der Waals surface area contributed by atoms with Crippen LogP contribution in [0, 0.1) is 5.92 Å². The van der Waals surface area contributed by atoms with Crippen molar-refractivity contribution in [1.82, 2.24) is 5.32 Å². The van der Waals surface area contributed by atoms with Crippen molar-refractivity contribution in [3.63, 3.8) is 0 Å². The van der Waals surface area contributed by atoms with Crippen LogP contribution in [-0.4, -0.2) is 42.2 Å². The van der Waals surface area contributed by atoms with Crippen LogP contribution >= 0.6 is 15.9 Å². The molecule has 6 nitrogen and oxygen atoms in total. The van der Waals surface area contributed by atoms with Crippen LogP contribution in [0.4, 0.5) is 0 Å². The van der Waals surface area contributed by atoms with Crippen molar-refractivity contribution in [2.24, 2.45) is 10.9 Å². The van der Waals surface area contributed by atoms with E-state index >= 15 is 0 Å². The van der Waals surface area contributed by atoms with E-state index in [4.69, 9.17) is 19.6 Å². The number of carbonyl (C=O) groups is 1. The molecule has 3 aromatic carbocycles. The van der Waals surface area contributed by atoms with E-state index in [1.165, 1.54) is 0 Å². The number of amides is 1. The summed E-state index contributed by atoms with van der Waals surface area (Å²) in [5, 5.41) is 12.2. The maximum absolute atomic E-state index is 14.0. The lowest BCUT2D eigenvalue weighted by Crippen LogP contribution is -2.50. The zero-order chi connectivity index (χ0) is 25.7. The average Bonchev–Trinajstić information content (AvgIpc) is 3.68. The SMILES string of the molecule is O=C(NCC1CC1)[C@]1(Cc2ccc(Br)cc2)N=C(c2ccc(OCCCO)cc2)O[C@@H]1c1ccccc1. The van der Waals surface area contributed by atoms with Crippen LogP contribution in [0.15, 0.2) is 88.3 Å². The van der Waals surface area contributed by atoms with Gasteiger partial charge in [-0.05, 0) is 66.3 Å². The molecule has 0 unspecified atom stereocenters. The van der Waals surface area contributed by atoms with Crippen molar-refractivity contribution >= 4 is 27.7 Å². The monoisotopic (exact) mass is 562 g/mol. The van der Waals surface area contributed by atoms with Gasteiger partial charge in [0, 0.05) is 36.0 Å². The number of nitrogens with one attached hydrogen (secondary N) is 1. The van der Waals surface area contributed by atoms with Gasteiger partial charge in [0.05, 0.1) is 6.61 Å². The number of halogens is 1. The van der Waals surface area contributed by atoms with Crippen molar-refractivity contribution in [2.75, 3.05) is 19.8 Å². The van der Waals surface area contributed by atoms with E-state index in [-0.39, 0.29) is 12.5 Å². The van der Waals surface area contributed by atoms with Gasteiger partial charge >= 0.3 is 0 Å². The summed E-state index contributed by atoms with van der Waals surface area (Å²) in [6, 6.07) is 25.4. The molecule has 0 radical (unpaired) electrons. The summed E-state index contributed by atoms with van der Waals surface area (Å²) < 4.78 is 13.2. The molecule has 0 saturated heterocycles. The third-order valence-electron chi connectivity index (χ3n) is 6.77. The van der Waals surface area contributed by atoms with Crippen LogP contribution in [0.5, 0.6) is 5.75 Å². The summed E-state index contributed by atoms with van der Waals surface area (Å²) in [5.41, 5.74) is 1.54. The van der Waals surface area contributed by atoms with Crippen molar-refractivity contribution in [1.29, 1.82) is 0 Å². The number of hydrogen-bond donors (Lipinski definition) is 2. The fourth-order valence-corrected chi connectivity index (χ4v) is 4.80. The highest BCUT2D eigenvalue weighted by molar-refractivity contribution is 9.10. The van der Waals surface area contributed by atoms with E-state index in [2.05, 4.69) is 21.2 Å². The van der Waals surface area contributed by atoms with Gasteiger partial charge in [0.1, 0.15) is 5.75 Å². The van der Waals surface area contributed by atoms with Gasteiger partial charge < -0.3 is 19.9 Å². The van der Waals surface area contributed by atoms with E-state index in [9.17, 15) is 4.79 Å². The topological polar surface area (TPSA) is 80.2 Å². The Balaban J connectivity index is 1.52. The fraction of sp³-hybridized carbons (Fsp3) is 0.333. The summed E-state index contributed by atoms with van der Waals surface area (Å²) in [6.07, 6.45) is 2.71. The number of hydrogen-bond acceptors (Lipinski definition) is 5. The average molecular weight is 563 g/mol. The molecule has 0 aromatic heterocycles. The van der Waals surface area contributed by atoms with E-state index in [0.29, 0.717) is 43.6 Å². The molecule has 3 aromatic rings. The first-order chi connectivity index (χ1) is 18.1. The number of aliphatic hydroxyl groups excluding tert-OH is 1. The summed E-state index contributed by atoms with van der Waals surface area (Å²) in [7, 11) is 0. The van der Waals surface area contributed by atoms with Crippen LogP contribution < -0.4 is 10.1 Å². The number of nitrogens with zero attached hydrogens (tertiary/aromatic N) is 1. The quantitative estimate of drug-likeness (QED) is 0.313. The standard InChI is InChI=1S/C30H31BrN2O4/c31-25-13-9-21(10-14-25)19-30(29(35)32-20-22-7-8-22)27(23-5-2-1-3-6-23)37-28(33-30)24-11-15-26(16-12-24)36-18-4-17-34/h1-3,5-6,9-16,22,27,34H,4,7-8,17-20H2,(H,32,35)/t27-,30-/m1/s1. The summed E-state index contributed by atoms with van der Waals surface area (Å²) in [4.78, 5) is 19.0. The first-order valence-electron chi connectivity index (χ1n) is 12.8. The Bertz CT molecular complexity index is 1230. The van der Waals surface area contributed by atoms with Crippen LogP contribution in [0.1, 0.15) is 42.1 Å². The molecule has 1 amide bonds. The minimum absolute atomic E-state index is 0.0901. The number of rotatable bonds is 11. The number of carbonyl (C=O) groups excluding carboxylic acids is 1. The zero-order valence-corrected chi connectivity index (χ0v) is 22.2. The Kier molecular flexibility index (Phi) is 7.91. The lowest BCUT2D eigenvalue weighted by molar-refractivity contribution is -0.129. The second kappa shape index (κ2) is 11.5. The van der Waals surface area contributed by atoms with E-state index < -0.39 is 11.6 Å². The molecule has 2 atom stereocenters. The third-order valence-corrected chi connectivity index (χ3v) is 7.30. The Morgan fingerprint density at radius 1 is 1.05 bits per heavy atom. The molecule has 1 fully saturated rings. The van der Waals surface area contributed by atoms with Crippen molar-refractivity contribution in [2.45, 2.75) is 37.3 Å². The van der Waals surface area contributed by atoms with Crippen molar-refractivity contribution in [3.05, 3.63) is 100 Å². The lowest BCUT2D eigenvalue weighted by atomic mass is 9.82. The van der Waals surface area contributed by atoms with Crippen LogP contribution in [0.25, 0.3) is 0 Å². The largest absolute Gasteiger partial charge is 0.494 e. The van der Waals surface area contributed by atoms with Gasteiger partial charge in [-0.3, -0.25) is 4.79 Å². The Labute approximate surface area is 225 Å². The Morgan fingerprint density at radius 3 is 2.46 bits per heavy atom. The molecular weight excluding hydrogens is 532 g/mol. The predicted molar refractivity (Wildman–Crippen MR) is 147 cm³/mol. The van der Waals surface area contributed by atoms with Gasteiger partial charge in [-0.1, -0.05) is 58.4 Å². The van der Waals surface area contributed by atoms with Gasteiger partial charge in [-0.25, -0.2) is 4.99 Å². The summed E-state index contributed by atoms with van der Waals surface area (Å²) in [5.74, 6) is 1.58. The molecule has 192 valence electrons. The molecule has 1 aliphatic heterocycles. The van der Waals surface area contributed by atoms with E-state index in [1.807, 2.05) is 78.9 Å². The molecule has 1 aliphatic carbocycles. The molecule has 2 N–H and O–H groups in total. The molecule has 1 saturated carbocycles. The maximum atomic E-state index is 14.0. The molecule has 1 heterocycles. The first-order valence-corrected chi connectivity index (χ1v) is 13.5. The van der Waals surface area contributed by atoms with Crippen LogP contribution in [-0.2, 0) is 16.0 Å². The summed E-state index contributed by atoms with van der Waals surface area (Å²) >= 11 is 3.51. The number of aliphatic imine (C=N–C) groups is 1. The van der Waals surface area contributed by atoms with E-state index in [1.54, 1.807) is 0 Å². The van der Waals surface area contributed by atoms with Gasteiger partial charge in [-0.2, -0.15) is 0 Å². The molecule has 7 heteroatoms. The molecule has 2 aliphatic rings. The highest BCUT2D eigenvalue weighted by Crippen LogP contribution is 2.43. The van der Waals surface area contributed by atoms with Gasteiger partial charge in [0.15, 0.2) is 11.6 Å². The molecule has 0 spiro atoms. The highest BCUT2D eigenvalue weighted by Gasteiger charge is 2.53. The highest BCUT2D eigenvalue weighted by atomic mass is 79.9. The van der Waals surface area contributed by atoms with Crippen LogP contribution in [0.3, 0.4) is 0 Å². The minimum atomic E-state index is -1.16. The molecule has 5 rings (SSSR count). The van der Waals surface area contributed by atoms with Crippen molar-refractivity contribution in [3.8, 4) is 5.75 Å². The first kappa shape index (κ1) is 25.5. The zero-order valence-electron chi connectivity index (χ0n) is 20.6. The van der Waals surface area contributed by atoms with E-state index in [0.717, 1.165) is 34.0 Å². The molecule has 0 bridgehead atoms. The maximum Gasteiger partial charge on any atom is 0.252 e. The molecular formula is C30H31BrN2O4. The minimum Gasteiger partial charge on any atom is -0.494 e. The summed E-state index contributed by atoms with van der Waals surface area (Å²) in [6.45, 7) is 1.20. The second-order valence-electron chi connectivity index (χ2n) is 9.66. The normalized spacial score (nSPS) is 20.7. The number of ether oxygens (including phenoxy) is 2. The van der Waals surface area contributed by atoms with Gasteiger partial charge in [0.25, 0.3) is 5.91 Å². The fourth-order valence-electron chi connectivity index (χ4n) is 4.54. The Hall–Kier alpha value is -3.16. The van der Waals surface area contributed by atoms with Gasteiger partial charge in [-0.15, -0.1) is 0 Å². The molecule has 37 heavy (non-hydrogen) atoms. The lowest BCUT2D eigenvalue weighted by Gasteiger charge is -2.31. The second-order valence-corrected chi connectivity index (χ2v) is 10.6. The number of benzene rings is 3. The number of aliphatic hydroxyl groups is 1.